The molecular weight excluding hydrogens is 393 g/mol. The molecule has 1 unspecified atom stereocenters. The van der Waals surface area contributed by atoms with E-state index in [0.29, 0.717) is 24.5 Å². The molecule has 3 aliphatic rings. The largest absolute Gasteiger partial charge is 0.478 e. The third-order valence-electron chi connectivity index (χ3n) is 5.22. The Morgan fingerprint density at radius 2 is 2.13 bits per heavy atom. The van der Waals surface area contributed by atoms with Crippen LogP contribution >= 0.6 is 0 Å². The van der Waals surface area contributed by atoms with E-state index in [-0.39, 0.29) is 24.8 Å². The highest BCUT2D eigenvalue weighted by Crippen LogP contribution is 2.37. The molecule has 9 heteroatoms. The Labute approximate surface area is 171 Å². The molecule has 2 N–H and O–H groups in total. The molecule has 0 radical (unpaired) electrons. The van der Waals surface area contributed by atoms with E-state index in [1.807, 2.05) is 23.1 Å². The first-order valence-electron chi connectivity index (χ1n) is 9.39. The number of hydrogen-bond acceptors (Lipinski definition) is 7. The van der Waals surface area contributed by atoms with Crippen LogP contribution in [0.3, 0.4) is 0 Å². The number of halogens is 1. The van der Waals surface area contributed by atoms with Crippen molar-refractivity contribution in [2.45, 2.75) is 19.0 Å². The Bertz CT molecular complexity index is 1090. The summed E-state index contributed by atoms with van der Waals surface area (Å²) in [5, 5.41) is 12.2. The van der Waals surface area contributed by atoms with Crippen molar-refractivity contribution >= 4 is 17.9 Å². The Balaban J connectivity index is 1.45. The van der Waals surface area contributed by atoms with Crippen LogP contribution < -0.4 is 19.7 Å². The molecule has 8 nitrogen and oxygen atoms in total. The minimum absolute atomic E-state index is 0.0100. The van der Waals surface area contributed by atoms with Crippen LogP contribution in [0, 0.1) is 5.82 Å². The van der Waals surface area contributed by atoms with Crippen molar-refractivity contribution in [3.8, 4) is 11.5 Å². The van der Waals surface area contributed by atoms with Gasteiger partial charge in [0.1, 0.15) is 5.82 Å². The van der Waals surface area contributed by atoms with Crippen molar-refractivity contribution in [2.75, 3.05) is 18.2 Å². The summed E-state index contributed by atoms with van der Waals surface area (Å²) >= 11 is 0. The molecule has 30 heavy (non-hydrogen) atoms. The van der Waals surface area contributed by atoms with Gasteiger partial charge in [-0.2, -0.15) is 0 Å². The van der Waals surface area contributed by atoms with Gasteiger partial charge in [0, 0.05) is 24.6 Å². The normalized spacial score (nSPS) is 21.2. The quantitative estimate of drug-likeness (QED) is 0.781. The number of nitrogens with zero attached hydrogens (tertiary/aromatic N) is 2. The lowest BCUT2D eigenvalue weighted by molar-refractivity contribution is -0.132. The van der Waals surface area contributed by atoms with Gasteiger partial charge in [0.05, 0.1) is 12.2 Å². The smallest absolute Gasteiger partial charge is 0.338 e. The van der Waals surface area contributed by atoms with Crippen LogP contribution in [-0.4, -0.2) is 36.6 Å². The van der Waals surface area contributed by atoms with Gasteiger partial charge < -0.3 is 29.5 Å². The highest BCUT2D eigenvalue weighted by atomic mass is 19.1. The zero-order chi connectivity index (χ0) is 20.7. The van der Waals surface area contributed by atoms with Gasteiger partial charge in [0.2, 0.25) is 6.79 Å². The lowest BCUT2D eigenvalue weighted by atomic mass is 10.1. The zero-order valence-electron chi connectivity index (χ0n) is 15.8. The van der Waals surface area contributed by atoms with E-state index in [0.717, 1.165) is 16.8 Å². The second-order valence-electron chi connectivity index (χ2n) is 7.07. The van der Waals surface area contributed by atoms with Crippen molar-refractivity contribution in [2.24, 2.45) is 4.99 Å². The number of fused-ring (bicyclic) bond motifs is 2. The summed E-state index contributed by atoms with van der Waals surface area (Å²) in [6.07, 6.45) is 3.24. The first-order chi connectivity index (χ1) is 14.5. The maximum Gasteiger partial charge on any atom is 0.338 e. The predicted molar refractivity (Wildman–Crippen MR) is 105 cm³/mol. The van der Waals surface area contributed by atoms with Gasteiger partial charge in [0.15, 0.2) is 11.5 Å². The van der Waals surface area contributed by atoms with Gasteiger partial charge in [-0.05, 0) is 47.9 Å². The Morgan fingerprint density at radius 1 is 1.27 bits per heavy atom. The van der Waals surface area contributed by atoms with Crippen molar-refractivity contribution < 1.29 is 28.5 Å². The van der Waals surface area contributed by atoms with Crippen LogP contribution in [0.4, 0.5) is 10.1 Å². The minimum atomic E-state index is -1.36. The van der Waals surface area contributed by atoms with E-state index < -0.39 is 11.9 Å². The molecular formula is C21H18FN3O5. The zero-order valence-corrected chi connectivity index (χ0v) is 15.8. The molecule has 0 aliphatic carbocycles. The second-order valence-corrected chi connectivity index (χ2v) is 7.07. The molecule has 2 aromatic rings. The molecule has 0 bridgehead atoms. The molecule has 1 atom stereocenters. The molecule has 0 saturated heterocycles. The maximum atomic E-state index is 13.7. The van der Waals surface area contributed by atoms with Gasteiger partial charge in [-0.1, -0.05) is 6.07 Å². The molecule has 0 aromatic heterocycles. The van der Waals surface area contributed by atoms with Crippen LogP contribution in [0.2, 0.25) is 0 Å². The van der Waals surface area contributed by atoms with Gasteiger partial charge in [-0.3, -0.25) is 0 Å². The van der Waals surface area contributed by atoms with Gasteiger partial charge in [-0.15, -0.1) is 0 Å². The summed E-state index contributed by atoms with van der Waals surface area (Å²) in [4.78, 5) is 17.6. The maximum absolute atomic E-state index is 13.7. The number of carbonyl (C=O) groups is 1. The molecule has 2 aromatic carbocycles. The number of carboxylic acid groups (broad SMARTS) is 1. The van der Waals surface area contributed by atoms with E-state index in [9.17, 15) is 14.3 Å². The monoisotopic (exact) mass is 411 g/mol. The van der Waals surface area contributed by atoms with Gasteiger partial charge in [0.25, 0.3) is 0 Å². The van der Waals surface area contributed by atoms with Crippen LogP contribution in [0.15, 0.2) is 53.2 Å². The Kier molecular flexibility index (Phi) is 4.32. The lowest BCUT2D eigenvalue weighted by Crippen LogP contribution is -2.59. The number of hydrogen-bond donors (Lipinski definition) is 2. The van der Waals surface area contributed by atoms with Crippen molar-refractivity contribution in [1.29, 1.82) is 0 Å². The fourth-order valence-electron chi connectivity index (χ4n) is 3.72. The third kappa shape index (κ3) is 3.13. The number of ether oxygens (including phenoxy) is 3. The summed E-state index contributed by atoms with van der Waals surface area (Å²) in [5.74, 6) is -1.45. The van der Waals surface area contributed by atoms with E-state index >= 15 is 0 Å². The SMILES string of the molecule is O=C(O)C1=CNC(OCc2ccc3c(c2)OCO3)(N2CCc3cc(F)ccc32)N=C1. The fourth-order valence-corrected chi connectivity index (χ4v) is 3.72. The van der Waals surface area contributed by atoms with Crippen LogP contribution in [-0.2, 0) is 22.6 Å². The van der Waals surface area contributed by atoms with Crippen LogP contribution in [0.1, 0.15) is 11.1 Å². The third-order valence-corrected chi connectivity index (χ3v) is 5.22. The molecule has 3 heterocycles. The van der Waals surface area contributed by atoms with E-state index in [2.05, 4.69) is 10.3 Å². The Morgan fingerprint density at radius 3 is 2.93 bits per heavy atom. The Hall–Kier alpha value is -3.59. The number of nitrogens with one attached hydrogen (secondary N) is 1. The summed E-state index contributed by atoms with van der Waals surface area (Å²) < 4.78 is 30.6. The summed E-state index contributed by atoms with van der Waals surface area (Å²) in [6.45, 7) is 0.879. The number of benzene rings is 2. The predicted octanol–water partition coefficient (Wildman–Crippen LogP) is 2.39. The molecule has 0 amide bonds. The fraction of sp³-hybridized carbons (Fsp3) is 0.238. The van der Waals surface area contributed by atoms with E-state index in [1.165, 1.54) is 24.5 Å². The highest BCUT2D eigenvalue weighted by Gasteiger charge is 2.42. The standard InChI is InChI=1S/C21H18FN3O5/c22-16-2-3-17-14(8-16)5-6-25(17)21(23-9-15(10-24-21)20(26)27)30-11-13-1-4-18-19(7-13)29-12-28-18/h1-4,7-10,23H,5-6,11-12H2,(H,26,27). The molecule has 154 valence electrons. The lowest BCUT2D eigenvalue weighted by Gasteiger charge is -2.40. The number of carboxylic acids is 1. The summed E-state index contributed by atoms with van der Waals surface area (Å²) in [6, 6.07) is 10.0. The number of aliphatic carboxylic acids is 1. The van der Waals surface area contributed by atoms with Gasteiger partial charge in [-0.25, -0.2) is 14.2 Å². The topological polar surface area (TPSA) is 92.6 Å². The summed E-state index contributed by atoms with van der Waals surface area (Å²) in [5.41, 5.74) is 2.46. The highest BCUT2D eigenvalue weighted by molar-refractivity contribution is 6.08. The minimum Gasteiger partial charge on any atom is -0.478 e. The molecule has 0 spiro atoms. The number of aliphatic imine (C=N–C) groups is 1. The molecule has 0 fully saturated rings. The van der Waals surface area contributed by atoms with E-state index in [4.69, 9.17) is 14.2 Å². The summed E-state index contributed by atoms with van der Waals surface area (Å²) in [7, 11) is 0. The average Bonchev–Trinajstić information content (AvgIpc) is 3.38. The second kappa shape index (κ2) is 7.03. The molecule has 0 saturated carbocycles. The first-order valence-corrected chi connectivity index (χ1v) is 9.39. The van der Waals surface area contributed by atoms with Crippen molar-refractivity contribution in [3.05, 3.63) is 65.1 Å². The number of anilines is 1. The van der Waals surface area contributed by atoms with E-state index in [1.54, 1.807) is 6.07 Å². The average molecular weight is 411 g/mol. The first kappa shape index (κ1) is 18.4. The molecule has 3 aliphatic heterocycles. The van der Waals surface area contributed by atoms with Crippen molar-refractivity contribution in [1.82, 2.24) is 5.32 Å². The van der Waals surface area contributed by atoms with Crippen LogP contribution in [0.5, 0.6) is 11.5 Å². The van der Waals surface area contributed by atoms with Gasteiger partial charge >= 0.3 is 11.9 Å². The molecule has 5 rings (SSSR count). The van der Waals surface area contributed by atoms with Crippen molar-refractivity contribution in [3.63, 3.8) is 0 Å². The van der Waals surface area contributed by atoms with Crippen LogP contribution in [0.25, 0.3) is 0 Å². The number of rotatable bonds is 5.